The standard InChI is InChI=1S/C27H31N3O4.2ClH/c1-32-20-7-5-18(6-8-20)21-16-26(30-29-25(31)10-14-28)33-24-17-23-19(15-22(21)24)9-13-27(34-23)11-3-2-4-12-27;;/h5-8,15-17H,2-4,9-14,28H2,1H3,(H,29,31);2*1H. The lowest BCUT2D eigenvalue weighted by Crippen LogP contribution is -2.41. The monoisotopic (exact) mass is 533 g/mol. The van der Waals surface area contributed by atoms with Crippen LogP contribution in [0, 0.1) is 0 Å². The highest BCUT2D eigenvalue weighted by atomic mass is 35.5. The van der Waals surface area contributed by atoms with Crippen LogP contribution in [-0.2, 0) is 11.2 Å². The molecule has 1 spiro atoms. The van der Waals surface area contributed by atoms with Crippen molar-refractivity contribution in [1.29, 1.82) is 0 Å². The molecule has 0 saturated heterocycles. The molecule has 1 fully saturated rings. The third-order valence-electron chi connectivity index (χ3n) is 6.94. The number of fused-ring (bicyclic) bond motifs is 2. The topological polar surface area (TPSA) is 99.1 Å². The van der Waals surface area contributed by atoms with E-state index >= 15 is 0 Å². The molecule has 1 saturated carbocycles. The lowest BCUT2D eigenvalue weighted by atomic mass is 9.79. The first kappa shape index (κ1) is 27.8. The molecule has 0 unspecified atom stereocenters. The van der Waals surface area contributed by atoms with Gasteiger partial charge in [0.15, 0.2) is 0 Å². The zero-order valence-electron chi connectivity index (χ0n) is 20.4. The van der Waals surface area contributed by atoms with Crippen LogP contribution in [0.4, 0.5) is 0 Å². The molecule has 2 aromatic carbocycles. The van der Waals surface area contributed by atoms with E-state index in [2.05, 4.69) is 16.6 Å². The van der Waals surface area contributed by atoms with Crippen LogP contribution in [0.3, 0.4) is 0 Å². The van der Waals surface area contributed by atoms with Crippen LogP contribution in [0.5, 0.6) is 11.5 Å². The molecule has 3 aromatic rings. The number of nitrogens with zero attached hydrogens (tertiary/aromatic N) is 1. The fraction of sp³-hybridized carbons (Fsp3) is 0.407. The summed E-state index contributed by atoms with van der Waals surface area (Å²) in [6.07, 6.45) is 8.21. The summed E-state index contributed by atoms with van der Waals surface area (Å²) in [5, 5.41) is 5.19. The van der Waals surface area contributed by atoms with Crippen molar-refractivity contribution in [2.45, 2.75) is 57.0 Å². The molecule has 1 aliphatic carbocycles. The van der Waals surface area contributed by atoms with E-state index < -0.39 is 0 Å². The molecule has 1 aliphatic heterocycles. The Bertz CT molecular complexity index is 1270. The van der Waals surface area contributed by atoms with Crippen LogP contribution in [0.2, 0.25) is 0 Å². The number of carbonyl (C=O) groups is 1. The smallest absolute Gasteiger partial charge is 0.241 e. The second-order valence-corrected chi connectivity index (χ2v) is 9.21. The number of hydrogen-bond donors (Lipinski definition) is 2. The first-order valence-corrected chi connectivity index (χ1v) is 12.1. The Morgan fingerprint density at radius 3 is 2.53 bits per heavy atom. The molecule has 9 heteroatoms. The Kier molecular flexibility index (Phi) is 9.28. The average molecular weight is 534 g/mol. The summed E-state index contributed by atoms with van der Waals surface area (Å²) < 4.78 is 18.1. The van der Waals surface area contributed by atoms with Gasteiger partial charge in [0.25, 0.3) is 0 Å². The third kappa shape index (κ3) is 5.80. The average Bonchev–Trinajstić information content (AvgIpc) is 2.86. The molecule has 7 nitrogen and oxygen atoms in total. The molecule has 194 valence electrons. The van der Waals surface area contributed by atoms with Crippen LogP contribution in [0.25, 0.3) is 22.1 Å². The van der Waals surface area contributed by atoms with Gasteiger partial charge in [-0.2, -0.15) is 0 Å². The van der Waals surface area contributed by atoms with Gasteiger partial charge in [-0.3, -0.25) is 4.79 Å². The second-order valence-electron chi connectivity index (χ2n) is 9.21. The molecule has 1 aromatic heterocycles. The van der Waals surface area contributed by atoms with Crippen LogP contribution in [-0.4, -0.2) is 25.2 Å². The minimum Gasteiger partial charge on any atom is -0.497 e. The van der Waals surface area contributed by atoms with Crippen molar-refractivity contribution in [3.63, 3.8) is 0 Å². The summed E-state index contributed by atoms with van der Waals surface area (Å²) in [6.45, 7) is 0.262. The van der Waals surface area contributed by atoms with Gasteiger partial charge < -0.3 is 19.6 Å². The number of ether oxygens (including phenoxy) is 2. The number of carbonyl (C=O) groups excluding carboxylic acids is 1. The summed E-state index contributed by atoms with van der Waals surface area (Å²) in [5.41, 5.74) is 12.1. The number of aryl methyl sites for hydroxylation is 1. The van der Waals surface area contributed by atoms with Crippen LogP contribution >= 0.6 is 24.8 Å². The number of amides is 1. The minimum absolute atomic E-state index is 0. The van der Waals surface area contributed by atoms with Crippen molar-refractivity contribution >= 4 is 41.7 Å². The normalized spacial score (nSPS) is 16.3. The number of nitrogens with one attached hydrogen (secondary N) is 1. The second kappa shape index (κ2) is 12.0. The van der Waals surface area contributed by atoms with E-state index in [9.17, 15) is 4.79 Å². The largest absolute Gasteiger partial charge is 0.497 e. The molecule has 3 N–H and O–H groups in total. The summed E-state index contributed by atoms with van der Waals surface area (Å²) in [5.74, 6) is 1.43. The van der Waals surface area contributed by atoms with Gasteiger partial charge in [0.2, 0.25) is 11.5 Å². The van der Waals surface area contributed by atoms with E-state index in [0.29, 0.717) is 11.1 Å². The molecular formula is C27H33Cl2N3O4. The van der Waals surface area contributed by atoms with Gasteiger partial charge >= 0.3 is 0 Å². The molecule has 0 atom stereocenters. The highest BCUT2D eigenvalue weighted by Gasteiger charge is 2.37. The highest BCUT2D eigenvalue weighted by Crippen LogP contribution is 2.44. The Labute approximate surface area is 223 Å². The molecule has 2 heterocycles. The van der Waals surface area contributed by atoms with E-state index in [-0.39, 0.29) is 49.3 Å². The third-order valence-corrected chi connectivity index (χ3v) is 6.94. The fourth-order valence-corrected chi connectivity index (χ4v) is 5.10. The number of benzene rings is 2. The van der Waals surface area contributed by atoms with E-state index in [1.807, 2.05) is 36.4 Å². The fourth-order valence-electron chi connectivity index (χ4n) is 5.10. The lowest BCUT2D eigenvalue weighted by Gasteiger charge is -2.41. The van der Waals surface area contributed by atoms with Crippen molar-refractivity contribution in [2.75, 3.05) is 13.7 Å². The Balaban J connectivity index is 0.00000180. The van der Waals surface area contributed by atoms with Gasteiger partial charge in [0.05, 0.1) is 7.11 Å². The summed E-state index contributed by atoms with van der Waals surface area (Å²) >= 11 is 0. The maximum Gasteiger partial charge on any atom is 0.241 e. The van der Waals surface area contributed by atoms with Crippen molar-refractivity contribution in [3.05, 3.63) is 53.6 Å². The Hall–Kier alpha value is -2.74. The maximum atomic E-state index is 11.9. The molecule has 36 heavy (non-hydrogen) atoms. The van der Waals surface area contributed by atoms with Gasteiger partial charge in [0.1, 0.15) is 22.7 Å². The van der Waals surface area contributed by atoms with Gasteiger partial charge in [-0.05, 0) is 73.4 Å². The molecule has 1 amide bonds. The van der Waals surface area contributed by atoms with E-state index in [4.69, 9.17) is 19.6 Å². The highest BCUT2D eigenvalue weighted by molar-refractivity contribution is 5.94. The number of rotatable bonds is 5. The SMILES string of the molecule is COc1ccc(-c2cc(=NNC(=O)CCN)oc3cc4c(cc23)CCC2(CCCCC2)O4)cc1.Cl.Cl. The van der Waals surface area contributed by atoms with E-state index in [0.717, 1.165) is 53.7 Å². The number of hydrogen-bond acceptors (Lipinski definition) is 6. The van der Waals surface area contributed by atoms with Gasteiger partial charge in [-0.1, -0.05) is 18.6 Å². The van der Waals surface area contributed by atoms with Crippen molar-refractivity contribution < 1.29 is 18.7 Å². The quantitative estimate of drug-likeness (QED) is 0.435. The molecule has 2 aliphatic rings. The van der Waals surface area contributed by atoms with Gasteiger partial charge in [-0.25, -0.2) is 5.43 Å². The van der Waals surface area contributed by atoms with Crippen molar-refractivity contribution in [3.8, 4) is 22.6 Å². The molecule has 5 rings (SSSR count). The van der Waals surface area contributed by atoms with Gasteiger partial charge in [-0.15, -0.1) is 29.9 Å². The minimum atomic E-state index is -0.253. The predicted octanol–water partition coefficient (Wildman–Crippen LogP) is 5.26. The summed E-state index contributed by atoms with van der Waals surface area (Å²) in [4.78, 5) is 11.9. The summed E-state index contributed by atoms with van der Waals surface area (Å²) in [7, 11) is 1.65. The van der Waals surface area contributed by atoms with Crippen LogP contribution in [0.15, 0.2) is 52.0 Å². The van der Waals surface area contributed by atoms with Crippen molar-refractivity contribution in [1.82, 2.24) is 5.43 Å². The van der Waals surface area contributed by atoms with E-state index in [1.165, 1.54) is 24.8 Å². The Morgan fingerprint density at radius 1 is 1.08 bits per heavy atom. The predicted molar refractivity (Wildman–Crippen MR) is 145 cm³/mol. The van der Waals surface area contributed by atoms with Crippen LogP contribution < -0.4 is 26.2 Å². The first-order chi connectivity index (χ1) is 16.6. The Morgan fingerprint density at radius 2 is 1.83 bits per heavy atom. The lowest BCUT2D eigenvalue weighted by molar-refractivity contribution is -0.121. The molecule has 0 bridgehead atoms. The van der Waals surface area contributed by atoms with E-state index in [1.54, 1.807) is 7.11 Å². The van der Waals surface area contributed by atoms with Crippen LogP contribution in [0.1, 0.15) is 50.5 Å². The molecular weight excluding hydrogens is 501 g/mol. The maximum absolute atomic E-state index is 11.9. The first-order valence-electron chi connectivity index (χ1n) is 12.1. The number of methoxy groups -OCH3 is 1. The van der Waals surface area contributed by atoms with Crippen molar-refractivity contribution in [2.24, 2.45) is 10.8 Å². The number of halogens is 2. The number of nitrogens with two attached hydrogens (primary N) is 1. The zero-order chi connectivity index (χ0) is 23.5. The summed E-state index contributed by atoms with van der Waals surface area (Å²) in [6, 6.07) is 13.9. The zero-order valence-corrected chi connectivity index (χ0v) is 22.0. The van der Waals surface area contributed by atoms with Gasteiger partial charge in [0, 0.05) is 30.5 Å². The molecule has 0 radical (unpaired) electrons.